The second kappa shape index (κ2) is 4.43. The number of phenols is 3. The Hall–Kier alpha value is -0.606. The van der Waals surface area contributed by atoms with Gasteiger partial charge in [0.05, 0.1) is 6.29 Å². The monoisotopic (exact) mass is 242 g/mol. The quantitative estimate of drug-likeness (QED) is 0.487. The van der Waals surface area contributed by atoms with Gasteiger partial charge in [-0.25, -0.2) is 0 Å². The molecule has 0 saturated carbocycles. The molecule has 0 spiro atoms. The summed E-state index contributed by atoms with van der Waals surface area (Å²) in [7, 11) is 0. The van der Waals surface area contributed by atoms with Crippen LogP contribution < -0.4 is 0 Å². The van der Waals surface area contributed by atoms with E-state index in [2.05, 4.69) is 0 Å². The van der Waals surface area contributed by atoms with Crippen molar-refractivity contribution in [1.82, 2.24) is 0 Å². The molecule has 1 rings (SSSR count). The molecule has 0 atom stereocenters. The number of hydrogen-bond acceptors (Lipinski definition) is 4. The maximum absolute atomic E-state index is 9.99. The van der Waals surface area contributed by atoms with Crippen molar-refractivity contribution in [3.63, 3.8) is 0 Å². The molecule has 0 aliphatic carbocycles. The Kier molecular flexibility index (Phi) is 4.20. The summed E-state index contributed by atoms with van der Waals surface area (Å²) in [5.74, 6) is -1.71. The fourth-order valence-electron chi connectivity index (χ4n) is 0.663. The van der Waals surface area contributed by atoms with Crippen LogP contribution in [0.2, 0.25) is 0 Å². The smallest absolute Gasteiger partial charge is 0.174 e. The van der Waals surface area contributed by atoms with Gasteiger partial charge in [0, 0.05) is 32.7 Å². The molecule has 0 unspecified atom stereocenters. The van der Waals surface area contributed by atoms with E-state index in [0.717, 1.165) is 12.1 Å². The molecule has 1 aromatic carbocycles. The SMILES string of the molecule is O=[C-]c1cc(O)c(O)c(O)c1.[Y]. The van der Waals surface area contributed by atoms with Gasteiger partial charge in [0.15, 0.2) is 5.75 Å². The van der Waals surface area contributed by atoms with E-state index in [1.54, 1.807) is 0 Å². The molecule has 0 aromatic heterocycles. The predicted octanol–water partition coefficient (Wildman–Crippen LogP) is 0.259. The Bertz CT molecular complexity index is 274. The van der Waals surface area contributed by atoms with Crippen LogP contribution in [0.15, 0.2) is 12.1 Å². The zero-order chi connectivity index (χ0) is 8.43. The zero-order valence-electron chi connectivity index (χ0n) is 5.98. The minimum Gasteiger partial charge on any atom is -0.517 e. The third-order valence-corrected chi connectivity index (χ3v) is 1.19. The molecule has 0 aliphatic heterocycles. The first-order valence-electron chi connectivity index (χ1n) is 2.78. The molecule has 0 heterocycles. The van der Waals surface area contributed by atoms with Crippen LogP contribution in [-0.4, -0.2) is 21.6 Å². The van der Waals surface area contributed by atoms with Crippen LogP contribution in [0.1, 0.15) is 5.56 Å². The fourth-order valence-corrected chi connectivity index (χ4v) is 0.663. The first-order valence-corrected chi connectivity index (χ1v) is 2.78. The Morgan fingerprint density at radius 1 is 1.08 bits per heavy atom. The van der Waals surface area contributed by atoms with E-state index in [1.165, 1.54) is 6.29 Å². The standard InChI is InChI=1S/C7H5O4.Y/c8-3-4-1-5(9)7(11)6(10)2-4;/h1-2,9-11H;/q-1;. The van der Waals surface area contributed by atoms with Gasteiger partial charge >= 0.3 is 0 Å². The fraction of sp³-hybridized carbons (Fsp3) is 0. The van der Waals surface area contributed by atoms with Crippen molar-refractivity contribution in [3.8, 4) is 17.2 Å². The van der Waals surface area contributed by atoms with Gasteiger partial charge in [-0.1, -0.05) is 0 Å². The van der Waals surface area contributed by atoms with Gasteiger partial charge in [-0.2, -0.15) is 0 Å². The summed E-state index contributed by atoms with van der Waals surface area (Å²) in [6.07, 6.45) is 1.45. The average molecular weight is 242 g/mol. The van der Waals surface area contributed by atoms with Gasteiger partial charge < -0.3 is 20.1 Å². The number of carbonyl (C=O) groups excluding carboxylic acids is 1. The predicted molar refractivity (Wildman–Crippen MR) is 36.2 cm³/mol. The molecule has 1 aromatic rings. The molecule has 61 valence electrons. The molecule has 12 heavy (non-hydrogen) atoms. The van der Waals surface area contributed by atoms with Gasteiger partial charge in [-0.3, -0.25) is 0 Å². The van der Waals surface area contributed by atoms with E-state index in [1.807, 2.05) is 0 Å². The molecule has 1 radical (unpaired) electrons. The van der Waals surface area contributed by atoms with Crippen LogP contribution in [0.3, 0.4) is 0 Å². The molecule has 5 heteroatoms. The molecular formula is C7H5O4Y-. The Balaban J connectivity index is 0.00000121. The summed E-state index contributed by atoms with van der Waals surface area (Å²) in [5.41, 5.74) is -0.0159. The summed E-state index contributed by atoms with van der Waals surface area (Å²) in [4.78, 5) is 9.99. The summed E-state index contributed by atoms with van der Waals surface area (Å²) >= 11 is 0. The van der Waals surface area contributed by atoms with Crippen molar-refractivity contribution in [2.75, 3.05) is 0 Å². The molecule has 4 nitrogen and oxygen atoms in total. The largest absolute Gasteiger partial charge is 0.517 e. The van der Waals surface area contributed by atoms with Crippen molar-refractivity contribution in [2.45, 2.75) is 0 Å². The summed E-state index contributed by atoms with van der Waals surface area (Å²) in [6, 6.07) is 2.00. The third kappa shape index (κ3) is 2.19. The molecular weight excluding hydrogens is 237 g/mol. The molecule has 0 aliphatic rings. The zero-order valence-corrected chi connectivity index (χ0v) is 8.82. The van der Waals surface area contributed by atoms with E-state index >= 15 is 0 Å². The number of benzene rings is 1. The van der Waals surface area contributed by atoms with E-state index in [0.29, 0.717) is 0 Å². The normalized spacial score (nSPS) is 8.67. The number of aromatic hydroxyl groups is 3. The van der Waals surface area contributed by atoms with Gasteiger partial charge in [0.1, 0.15) is 11.5 Å². The third-order valence-electron chi connectivity index (χ3n) is 1.19. The van der Waals surface area contributed by atoms with E-state index in [9.17, 15) is 4.79 Å². The van der Waals surface area contributed by atoms with Gasteiger partial charge in [-0.05, 0) is 0 Å². The van der Waals surface area contributed by atoms with E-state index in [-0.39, 0.29) is 38.3 Å². The van der Waals surface area contributed by atoms with Gasteiger partial charge in [-0.15, -0.1) is 17.7 Å². The van der Waals surface area contributed by atoms with E-state index < -0.39 is 17.2 Å². The topological polar surface area (TPSA) is 77.8 Å². The summed E-state index contributed by atoms with van der Waals surface area (Å²) in [5, 5.41) is 26.4. The minimum absolute atomic E-state index is 0. The van der Waals surface area contributed by atoms with Crippen molar-refractivity contribution in [3.05, 3.63) is 17.7 Å². The van der Waals surface area contributed by atoms with Crippen LogP contribution >= 0.6 is 0 Å². The van der Waals surface area contributed by atoms with Crippen LogP contribution in [-0.2, 0) is 37.5 Å². The number of rotatable bonds is 1. The first kappa shape index (κ1) is 11.4. The summed E-state index contributed by atoms with van der Waals surface area (Å²) < 4.78 is 0. The van der Waals surface area contributed by atoms with Gasteiger partial charge in [0.2, 0.25) is 0 Å². The second-order valence-corrected chi connectivity index (χ2v) is 1.97. The van der Waals surface area contributed by atoms with Crippen molar-refractivity contribution < 1.29 is 52.8 Å². The van der Waals surface area contributed by atoms with Crippen LogP contribution in [0.5, 0.6) is 17.2 Å². The van der Waals surface area contributed by atoms with Crippen LogP contribution in [0.25, 0.3) is 0 Å². The van der Waals surface area contributed by atoms with Crippen LogP contribution in [0.4, 0.5) is 0 Å². The average Bonchev–Trinajstić information content (AvgIpc) is 1.99. The Morgan fingerprint density at radius 2 is 1.50 bits per heavy atom. The second-order valence-electron chi connectivity index (χ2n) is 1.97. The first-order chi connectivity index (χ1) is 5.15. The molecule has 0 bridgehead atoms. The van der Waals surface area contributed by atoms with Crippen molar-refractivity contribution in [1.29, 1.82) is 0 Å². The molecule has 0 amide bonds. The maximum Gasteiger partial charge on any atom is 0.174 e. The van der Waals surface area contributed by atoms with Crippen LogP contribution in [0, 0.1) is 0 Å². The number of hydrogen-bond donors (Lipinski definition) is 3. The van der Waals surface area contributed by atoms with E-state index in [4.69, 9.17) is 15.3 Å². The number of phenolic OH excluding ortho intramolecular Hbond substituents is 3. The molecule has 0 saturated heterocycles. The Morgan fingerprint density at radius 3 is 1.83 bits per heavy atom. The Labute approximate surface area is 93.7 Å². The molecule has 0 fully saturated rings. The molecule has 3 N–H and O–H groups in total. The van der Waals surface area contributed by atoms with Crippen molar-refractivity contribution in [2.24, 2.45) is 0 Å². The minimum atomic E-state index is -0.635. The summed E-state index contributed by atoms with van der Waals surface area (Å²) in [6.45, 7) is 0. The maximum atomic E-state index is 9.99. The van der Waals surface area contributed by atoms with Crippen molar-refractivity contribution >= 4 is 6.29 Å². The van der Waals surface area contributed by atoms with Gasteiger partial charge in [0.25, 0.3) is 0 Å².